The van der Waals surface area contributed by atoms with Gasteiger partial charge in [0.25, 0.3) is 0 Å². The third kappa shape index (κ3) is 6.00. The second kappa shape index (κ2) is 10.1. The van der Waals surface area contributed by atoms with Crippen LogP contribution in [0, 0.1) is 0 Å². The zero-order valence-corrected chi connectivity index (χ0v) is 14.1. The maximum atomic E-state index is 9.12. The summed E-state index contributed by atoms with van der Waals surface area (Å²) in [5.74, 6) is 0.873. The van der Waals surface area contributed by atoms with Crippen LogP contribution in [0.3, 0.4) is 0 Å². The Labute approximate surface area is 144 Å². The molecule has 0 radical (unpaired) electrons. The maximum absolute atomic E-state index is 9.12. The Hall–Kier alpha value is -1.82. The summed E-state index contributed by atoms with van der Waals surface area (Å²) in [4.78, 5) is 0. The predicted octanol–water partition coefficient (Wildman–Crippen LogP) is 2.62. The number of methoxy groups -OCH3 is 1. The fraction of sp³-hybridized carbons (Fsp3) is 0.368. The molecule has 24 heavy (non-hydrogen) atoms. The van der Waals surface area contributed by atoms with E-state index in [2.05, 4.69) is 0 Å². The van der Waals surface area contributed by atoms with Crippen LogP contribution in [0.15, 0.2) is 48.5 Å². The molecule has 0 atom stereocenters. The number of hydrogen-bond acceptors (Lipinski definition) is 4. The van der Waals surface area contributed by atoms with Gasteiger partial charge >= 0.3 is 7.12 Å². The van der Waals surface area contributed by atoms with Gasteiger partial charge in [0.15, 0.2) is 0 Å². The van der Waals surface area contributed by atoms with Gasteiger partial charge in [-0.2, -0.15) is 0 Å². The van der Waals surface area contributed by atoms with Gasteiger partial charge in [0.2, 0.25) is 0 Å². The van der Waals surface area contributed by atoms with Crippen LogP contribution in [0.1, 0.15) is 25.7 Å². The SMILES string of the molecule is COCCCCCCOc1ccc(-c2ccc(B(O)O)cc2)cc1. The van der Waals surface area contributed by atoms with E-state index in [-0.39, 0.29) is 0 Å². The van der Waals surface area contributed by atoms with Crippen molar-refractivity contribution in [3.63, 3.8) is 0 Å². The molecule has 0 aliphatic carbocycles. The lowest BCUT2D eigenvalue weighted by atomic mass is 9.80. The summed E-state index contributed by atoms with van der Waals surface area (Å²) in [7, 11) is 0.307. The van der Waals surface area contributed by atoms with Crippen molar-refractivity contribution in [2.45, 2.75) is 25.7 Å². The van der Waals surface area contributed by atoms with Gasteiger partial charge in [-0.05, 0) is 48.0 Å². The summed E-state index contributed by atoms with van der Waals surface area (Å²) < 4.78 is 10.8. The van der Waals surface area contributed by atoms with E-state index in [9.17, 15) is 0 Å². The molecule has 0 unspecified atom stereocenters. The van der Waals surface area contributed by atoms with Crippen molar-refractivity contribution >= 4 is 12.6 Å². The molecule has 2 N–H and O–H groups in total. The molecule has 2 aromatic rings. The Morgan fingerprint density at radius 3 is 1.83 bits per heavy atom. The molecule has 128 valence electrons. The predicted molar refractivity (Wildman–Crippen MR) is 97.5 cm³/mol. The fourth-order valence-corrected chi connectivity index (χ4v) is 2.48. The number of ether oxygens (including phenoxy) is 2. The number of unbranched alkanes of at least 4 members (excludes halogenated alkanes) is 3. The van der Waals surface area contributed by atoms with Crippen molar-refractivity contribution in [1.82, 2.24) is 0 Å². The standard InChI is InChI=1S/C19H25BO4/c1-23-14-4-2-3-5-15-24-19-12-8-17(9-13-19)16-6-10-18(11-7-16)20(21)22/h6-13,21-22H,2-5,14-15H2,1H3. The van der Waals surface area contributed by atoms with Gasteiger partial charge in [-0.1, -0.05) is 42.8 Å². The lowest BCUT2D eigenvalue weighted by molar-refractivity contribution is 0.191. The molecule has 0 heterocycles. The maximum Gasteiger partial charge on any atom is 0.488 e. The van der Waals surface area contributed by atoms with Crippen molar-refractivity contribution in [2.24, 2.45) is 0 Å². The molecule has 0 amide bonds. The highest BCUT2D eigenvalue weighted by Crippen LogP contribution is 2.22. The van der Waals surface area contributed by atoms with Gasteiger partial charge in [-0.3, -0.25) is 0 Å². The summed E-state index contributed by atoms with van der Waals surface area (Å²) in [5.41, 5.74) is 2.59. The molecular weight excluding hydrogens is 303 g/mol. The third-order valence-electron chi connectivity index (χ3n) is 3.91. The minimum Gasteiger partial charge on any atom is -0.494 e. The van der Waals surface area contributed by atoms with E-state index in [4.69, 9.17) is 19.5 Å². The van der Waals surface area contributed by atoms with Gasteiger partial charge in [0.05, 0.1) is 6.61 Å². The average molecular weight is 328 g/mol. The minimum atomic E-state index is -1.43. The topological polar surface area (TPSA) is 58.9 Å². The second-order valence-electron chi connectivity index (χ2n) is 5.78. The molecule has 2 rings (SSSR count). The van der Waals surface area contributed by atoms with Crippen LogP contribution in [0.2, 0.25) is 0 Å². The number of benzene rings is 2. The van der Waals surface area contributed by atoms with E-state index in [0.717, 1.165) is 49.4 Å². The van der Waals surface area contributed by atoms with Crippen molar-refractivity contribution in [3.8, 4) is 16.9 Å². The number of hydrogen-bond donors (Lipinski definition) is 2. The molecule has 2 aromatic carbocycles. The van der Waals surface area contributed by atoms with Crippen LogP contribution >= 0.6 is 0 Å². The Morgan fingerprint density at radius 1 is 0.750 bits per heavy atom. The Balaban J connectivity index is 1.78. The Bertz CT molecular complexity index is 581. The fourth-order valence-electron chi connectivity index (χ4n) is 2.48. The highest BCUT2D eigenvalue weighted by atomic mass is 16.5. The summed E-state index contributed by atoms with van der Waals surface area (Å²) >= 11 is 0. The normalized spacial score (nSPS) is 10.6. The molecule has 0 aliphatic rings. The first-order valence-electron chi connectivity index (χ1n) is 8.39. The van der Waals surface area contributed by atoms with E-state index in [1.165, 1.54) is 6.42 Å². The van der Waals surface area contributed by atoms with Crippen molar-refractivity contribution in [2.75, 3.05) is 20.3 Å². The smallest absolute Gasteiger partial charge is 0.488 e. The zero-order valence-electron chi connectivity index (χ0n) is 14.1. The van der Waals surface area contributed by atoms with Crippen molar-refractivity contribution in [3.05, 3.63) is 48.5 Å². The molecular formula is C19H25BO4. The monoisotopic (exact) mass is 328 g/mol. The average Bonchev–Trinajstić information content (AvgIpc) is 2.61. The van der Waals surface area contributed by atoms with Crippen LogP contribution in [-0.4, -0.2) is 37.5 Å². The van der Waals surface area contributed by atoms with E-state index in [1.807, 2.05) is 36.4 Å². The first-order chi connectivity index (χ1) is 11.7. The highest BCUT2D eigenvalue weighted by Gasteiger charge is 2.10. The third-order valence-corrected chi connectivity index (χ3v) is 3.91. The second-order valence-corrected chi connectivity index (χ2v) is 5.78. The summed E-state index contributed by atoms with van der Waals surface area (Å²) in [6.45, 7) is 1.57. The van der Waals surface area contributed by atoms with Crippen LogP contribution in [0.25, 0.3) is 11.1 Å². The van der Waals surface area contributed by atoms with Gasteiger partial charge in [0, 0.05) is 13.7 Å². The van der Waals surface area contributed by atoms with Gasteiger partial charge in [-0.25, -0.2) is 0 Å². The lowest BCUT2D eigenvalue weighted by Crippen LogP contribution is -2.29. The van der Waals surface area contributed by atoms with E-state index >= 15 is 0 Å². The Kier molecular flexibility index (Phi) is 7.82. The van der Waals surface area contributed by atoms with Gasteiger partial charge in [0.1, 0.15) is 5.75 Å². The first-order valence-corrected chi connectivity index (χ1v) is 8.39. The zero-order chi connectivity index (χ0) is 17.2. The summed E-state index contributed by atoms with van der Waals surface area (Å²) in [5, 5.41) is 18.2. The van der Waals surface area contributed by atoms with E-state index in [0.29, 0.717) is 5.46 Å². The molecule has 0 spiro atoms. The Morgan fingerprint density at radius 2 is 1.29 bits per heavy atom. The van der Waals surface area contributed by atoms with E-state index < -0.39 is 7.12 Å². The molecule has 0 saturated carbocycles. The minimum absolute atomic E-state index is 0.490. The molecule has 0 saturated heterocycles. The quantitative estimate of drug-likeness (QED) is 0.520. The van der Waals surface area contributed by atoms with Crippen LogP contribution < -0.4 is 10.2 Å². The summed E-state index contributed by atoms with van der Waals surface area (Å²) in [6, 6.07) is 15.2. The first kappa shape index (κ1) is 18.5. The lowest BCUT2D eigenvalue weighted by Gasteiger charge is -2.08. The largest absolute Gasteiger partial charge is 0.494 e. The summed E-state index contributed by atoms with van der Waals surface area (Å²) in [6.07, 6.45) is 4.49. The van der Waals surface area contributed by atoms with Crippen molar-refractivity contribution in [1.29, 1.82) is 0 Å². The van der Waals surface area contributed by atoms with Gasteiger partial charge in [-0.15, -0.1) is 0 Å². The number of rotatable bonds is 10. The van der Waals surface area contributed by atoms with Crippen LogP contribution in [-0.2, 0) is 4.74 Å². The molecule has 0 aliphatic heterocycles. The molecule has 0 fully saturated rings. The van der Waals surface area contributed by atoms with Crippen LogP contribution in [0.5, 0.6) is 5.75 Å². The van der Waals surface area contributed by atoms with Crippen molar-refractivity contribution < 1.29 is 19.5 Å². The molecule has 5 heteroatoms. The highest BCUT2D eigenvalue weighted by molar-refractivity contribution is 6.58. The van der Waals surface area contributed by atoms with E-state index in [1.54, 1.807) is 19.2 Å². The molecule has 0 bridgehead atoms. The van der Waals surface area contributed by atoms with Gasteiger partial charge < -0.3 is 19.5 Å². The molecule has 4 nitrogen and oxygen atoms in total. The van der Waals surface area contributed by atoms with Crippen LogP contribution in [0.4, 0.5) is 0 Å². The molecule has 0 aromatic heterocycles.